The van der Waals surface area contributed by atoms with E-state index in [0.29, 0.717) is 12.1 Å². The molecule has 3 atom stereocenters. The third-order valence-electron chi connectivity index (χ3n) is 3.09. The summed E-state index contributed by atoms with van der Waals surface area (Å²) < 4.78 is 0. The normalized spacial score (nSPS) is 40.8. The van der Waals surface area contributed by atoms with Gasteiger partial charge in [0.2, 0.25) is 0 Å². The van der Waals surface area contributed by atoms with Crippen LogP contribution in [0.3, 0.4) is 0 Å². The van der Waals surface area contributed by atoms with Gasteiger partial charge in [0.1, 0.15) is 0 Å². The van der Waals surface area contributed by atoms with Gasteiger partial charge < -0.3 is 10.4 Å². The maximum atomic E-state index is 9.65. The molecular formula is C10H19NOS. The van der Waals surface area contributed by atoms with Gasteiger partial charge in [-0.3, -0.25) is 0 Å². The summed E-state index contributed by atoms with van der Waals surface area (Å²) in [5.41, 5.74) is 0. The molecule has 3 heteroatoms. The molecule has 0 aromatic carbocycles. The first-order chi connectivity index (χ1) is 6.36. The van der Waals surface area contributed by atoms with Crippen LogP contribution < -0.4 is 5.32 Å². The Morgan fingerprint density at radius 3 is 2.69 bits per heavy atom. The van der Waals surface area contributed by atoms with Crippen LogP contribution in [0.15, 0.2) is 0 Å². The van der Waals surface area contributed by atoms with Gasteiger partial charge in [-0.15, -0.1) is 0 Å². The molecule has 2 fully saturated rings. The van der Waals surface area contributed by atoms with Crippen molar-refractivity contribution in [3.63, 3.8) is 0 Å². The van der Waals surface area contributed by atoms with E-state index in [1.54, 1.807) is 0 Å². The molecule has 3 unspecified atom stereocenters. The highest BCUT2D eigenvalue weighted by atomic mass is 32.2. The first-order valence-corrected chi connectivity index (χ1v) is 6.53. The lowest BCUT2D eigenvalue weighted by Crippen LogP contribution is -2.44. The zero-order valence-corrected chi connectivity index (χ0v) is 8.85. The molecule has 0 radical (unpaired) electrons. The van der Waals surface area contributed by atoms with Gasteiger partial charge in [0, 0.05) is 17.8 Å². The van der Waals surface area contributed by atoms with Crippen molar-refractivity contribution in [3.05, 3.63) is 0 Å². The fraction of sp³-hybridized carbons (Fsp3) is 1.00. The summed E-state index contributed by atoms with van der Waals surface area (Å²) in [6, 6.07) is 1.06. The Bertz CT molecular complexity index is 159. The summed E-state index contributed by atoms with van der Waals surface area (Å²) >= 11 is 2.04. The smallest absolute Gasteiger partial charge is 0.0693 e. The van der Waals surface area contributed by atoms with Gasteiger partial charge in [-0.1, -0.05) is 0 Å². The topological polar surface area (TPSA) is 32.3 Å². The van der Waals surface area contributed by atoms with Gasteiger partial charge >= 0.3 is 0 Å². The van der Waals surface area contributed by atoms with Crippen LogP contribution in [0.4, 0.5) is 0 Å². The highest BCUT2D eigenvalue weighted by molar-refractivity contribution is 7.99. The van der Waals surface area contributed by atoms with Crippen LogP contribution in [-0.2, 0) is 0 Å². The van der Waals surface area contributed by atoms with Crippen molar-refractivity contribution in [2.24, 2.45) is 0 Å². The van der Waals surface area contributed by atoms with E-state index in [-0.39, 0.29) is 6.10 Å². The molecule has 2 N–H and O–H groups in total. The van der Waals surface area contributed by atoms with Gasteiger partial charge in [-0.2, -0.15) is 11.8 Å². The summed E-state index contributed by atoms with van der Waals surface area (Å²) in [6.07, 6.45) is 5.92. The van der Waals surface area contributed by atoms with E-state index in [0.717, 1.165) is 6.42 Å². The van der Waals surface area contributed by atoms with E-state index in [9.17, 15) is 5.11 Å². The second-order valence-corrected chi connectivity index (χ2v) is 5.34. The van der Waals surface area contributed by atoms with E-state index in [4.69, 9.17) is 0 Å². The molecule has 0 amide bonds. The molecule has 0 aromatic rings. The molecule has 2 rings (SSSR count). The van der Waals surface area contributed by atoms with Crippen molar-refractivity contribution in [2.45, 2.75) is 50.3 Å². The van der Waals surface area contributed by atoms with Crippen molar-refractivity contribution in [3.8, 4) is 0 Å². The molecule has 13 heavy (non-hydrogen) atoms. The zero-order chi connectivity index (χ0) is 9.10. The van der Waals surface area contributed by atoms with Gasteiger partial charge in [-0.05, 0) is 37.9 Å². The standard InChI is InChI=1S/C10H19NOS/c12-10-5-1-4-9(10)11-8-3-2-6-13-7-8/h8-12H,1-7H2. The molecule has 1 saturated heterocycles. The quantitative estimate of drug-likeness (QED) is 0.708. The van der Waals surface area contributed by atoms with E-state index >= 15 is 0 Å². The first-order valence-electron chi connectivity index (χ1n) is 5.38. The average Bonchev–Trinajstić information content (AvgIpc) is 2.54. The summed E-state index contributed by atoms with van der Waals surface area (Å²) in [5, 5.41) is 13.2. The minimum absolute atomic E-state index is 0.0769. The number of aliphatic hydroxyl groups excluding tert-OH is 1. The number of hydrogen-bond donors (Lipinski definition) is 2. The highest BCUT2D eigenvalue weighted by Gasteiger charge is 2.27. The number of thioether (sulfide) groups is 1. The third kappa shape index (κ3) is 2.61. The van der Waals surface area contributed by atoms with E-state index in [1.165, 1.54) is 37.2 Å². The van der Waals surface area contributed by atoms with Crippen molar-refractivity contribution >= 4 is 11.8 Å². The summed E-state index contributed by atoms with van der Waals surface area (Å²) in [4.78, 5) is 0. The zero-order valence-electron chi connectivity index (χ0n) is 8.04. The molecular weight excluding hydrogens is 182 g/mol. The summed E-state index contributed by atoms with van der Waals surface area (Å²) in [7, 11) is 0. The molecule has 2 nitrogen and oxygen atoms in total. The lowest BCUT2D eigenvalue weighted by molar-refractivity contribution is 0.143. The van der Waals surface area contributed by atoms with Crippen LogP contribution >= 0.6 is 11.8 Å². The Morgan fingerprint density at radius 2 is 2.08 bits per heavy atom. The Balaban J connectivity index is 1.75. The second kappa shape index (κ2) is 4.67. The van der Waals surface area contributed by atoms with Gasteiger partial charge in [-0.25, -0.2) is 0 Å². The van der Waals surface area contributed by atoms with Crippen LogP contribution in [0.1, 0.15) is 32.1 Å². The highest BCUT2D eigenvalue weighted by Crippen LogP contribution is 2.22. The fourth-order valence-corrected chi connectivity index (χ4v) is 3.39. The predicted molar refractivity (Wildman–Crippen MR) is 57.1 cm³/mol. The van der Waals surface area contributed by atoms with Crippen LogP contribution in [-0.4, -0.2) is 34.8 Å². The molecule has 1 heterocycles. The molecule has 1 aliphatic carbocycles. The van der Waals surface area contributed by atoms with Crippen LogP contribution in [0, 0.1) is 0 Å². The number of rotatable bonds is 2. The van der Waals surface area contributed by atoms with E-state index in [1.807, 2.05) is 11.8 Å². The molecule has 0 spiro atoms. The largest absolute Gasteiger partial charge is 0.392 e. The minimum atomic E-state index is -0.0769. The number of aliphatic hydroxyl groups is 1. The maximum Gasteiger partial charge on any atom is 0.0693 e. The van der Waals surface area contributed by atoms with Crippen molar-refractivity contribution in [1.29, 1.82) is 0 Å². The molecule has 1 aliphatic heterocycles. The van der Waals surface area contributed by atoms with E-state index in [2.05, 4.69) is 5.32 Å². The van der Waals surface area contributed by atoms with Crippen LogP contribution in [0.5, 0.6) is 0 Å². The van der Waals surface area contributed by atoms with Gasteiger partial charge in [0.05, 0.1) is 6.10 Å². The van der Waals surface area contributed by atoms with Crippen molar-refractivity contribution < 1.29 is 5.11 Å². The maximum absolute atomic E-state index is 9.65. The van der Waals surface area contributed by atoms with Crippen molar-refractivity contribution in [1.82, 2.24) is 5.32 Å². The molecule has 0 aromatic heterocycles. The third-order valence-corrected chi connectivity index (χ3v) is 4.30. The second-order valence-electron chi connectivity index (χ2n) is 4.19. The number of nitrogens with one attached hydrogen (secondary N) is 1. The Morgan fingerprint density at radius 1 is 1.15 bits per heavy atom. The Kier molecular flexibility index (Phi) is 3.52. The lowest BCUT2D eigenvalue weighted by atomic mass is 10.1. The molecule has 76 valence electrons. The van der Waals surface area contributed by atoms with Gasteiger partial charge in [0.25, 0.3) is 0 Å². The Labute approximate surface area is 84.5 Å². The van der Waals surface area contributed by atoms with E-state index < -0.39 is 0 Å². The molecule has 0 bridgehead atoms. The van der Waals surface area contributed by atoms with Crippen LogP contribution in [0.25, 0.3) is 0 Å². The first kappa shape index (κ1) is 9.81. The summed E-state index contributed by atoms with van der Waals surface area (Å²) in [5.74, 6) is 2.56. The summed E-state index contributed by atoms with van der Waals surface area (Å²) in [6.45, 7) is 0. The van der Waals surface area contributed by atoms with Gasteiger partial charge in [0.15, 0.2) is 0 Å². The Hall–Kier alpha value is 0.270. The number of hydrogen-bond acceptors (Lipinski definition) is 3. The van der Waals surface area contributed by atoms with Crippen molar-refractivity contribution in [2.75, 3.05) is 11.5 Å². The molecule has 2 aliphatic rings. The lowest BCUT2D eigenvalue weighted by Gasteiger charge is -2.27. The molecule has 1 saturated carbocycles. The minimum Gasteiger partial charge on any atom is -0.392 e. The SMILES string of the molecule is OC1CCCC1NC1CCCSC1. The average molecular weight is 201 g/mol. The monoisotopic (exact) mass is 201 g/mol. The predicted octanol–water partition coefficient (Wildman–Crippen LogP) is 1.39. The fourth-order valence-electron chi connectivity index (χ4n) is 2.31. The van der Waals surface area contributed by atoms with Crippen LogP contribution in [0.2, 0.25) is 0 Å².